The van der Waals surface area contributed by atoms with Crippen molar-refractivity contribution >= 4 is 29.8 Å². The standard InChI is InChI=1S/C42H55N3O10/c1-7-10-14-25-43-37(46)34(26-30-19-23-33(24-20-30)54-36(39(48)51-8-2)40(49)52-9-3)44-38(47)35(45-41(50)55-42(4,5)6)27-29-17-21-32(22-18-29)53-28-31-15-12-11-13-16-31/h11-13,15-24,34-36H,7-10,14,25-28H2,1-6H3,(H,43,46)(H,44,47)(H,45,50)/t34-,35-/m0/s1. The summed E-state index contributed by atoms with van der Waals surface area (Å²) >= 11 is 0. The first-order valence-corrected chi connectivity index (χ1v) is 18.7. The Bertz CT molecular complexity index is 1640. The number of alkyl carbamates (subject to hydrolysis) is 1. The quantitative estimate of drug-likeness (QED) is 0.0538. The fourth-order valence-electron chi connectivity index (χ4n) is 5.25. The van der Waals surface area contributed by atoms with Gasteiger partial charge in [-0.25, -0.2) is 14.4 Å². The number of hydrogen-bond donors (Lipinski definition) is 3. The minimum absolute atomic E-state index is 0.0508. The number of carbonyl (C=O) groups excluding carboxylic acids is 5. The normalized spacial score (nSPS) is 12.1. The van der Waals surface area contributed by atoms with Gasteiger partial charge in [0.2, 0.25) is 11.8 Å². The summed E-state index contributed by atoms with van der Waals surface area (Å²) in [4.78, 5) is 65.3. The third-order valence-corrected chi connectivity index (χ3v) is 7.95. The molecule has 0 unspecified atom stereocenters. The van der Waals surface area contributed by atoms with Crippen molar-refractivity contribution in [1.82, 2.24) is 16.0 Å². The van der Waals surface area contributed by atoms with Crippen LogP contribution in [0.1, 0.15) is 77.5 Å². The molecule has 298 valence electrons. The Kier molecular flexibility index (Phi) is 18.0. The Labute approximate surface area is 323 Å². The summed E-state index contributed by atoms with van der Waals surface area (Å²) in [7, 11) is 0. The van der Waals surface area contributed by atoms with Gasteiger partial charge in [0.15, 0.2) is 0 Å². The predicted molar refractivity (Wildman–Crippen MR) is 206 cm³/mol. The molecule has 3 aromatic carbocycles. The number of hydrogen-bond acceptors (Lipinski definition) is 10. The molecule has 0 aliphatic carbocycles. The Balaban J connectivity index is 1.80. The first kappa shape index (κ1) is 43.8. The largest absolute Gasteiger partial charge is 0.489 e. The number of carbonyl (C=O) groups is 5. The first-order valence-electron chi connectivity index (χ1n) is 18.7. The van der Waals surface area contributed by atoms with Gasteiger partial charge in [0, 0.05) is 19.4 Å². The molecule has 0 radical (unpaired) electrons. The highest BCUT2D eigenvalue weighted by molar-refractivity contribution is 5.98. The van der Waals surface area contributed by atoms with Crippen molar-refractivity contribution in [2.75, 3.05) is 19.8 Å². The molecule has 0 aromatic heterocycles. The summed E-state index contributed by atoms with van der Waals surface area (Å²) in [5.74, 6) is -1.91. The van der Waals surface area contributed by atoms with E-state index in [-0.39, 0.29) is 31.8 Å². The average molecular weight is 762 g/mol. The van der Waals surface area contributed by atoms with Crippen LogP contribution in [0.3, 0.4) is 0 Å². The maximum atomic E-state index is 14.0. The van der Waals surface area contributed by atoms with E-state index in [1.54, 1.807) is 71.0 Å². The lowest BCUT2D eigenvalue weighted by Gasteiger charge is -2.25. The molecule has 3 N–H and O–H groups in total. The lowest BCUT2D eigenvalue weighted by molar-refractivity contribution is -0.166. The number of nitrogens with one attached hydrogen (secondary N) is 3. The Morgan fingerprint density at radius 1 is 0.636 bits per heavy atom. The predicted octanol–water partition coefficient (Wildman–Crippen LogP) is 5.61. The number of esters is 2. The summed E-state index contributed by atoms with van der Waals surface area (Å²) in [6.07, 6.45) is 0.450. The second kappa shape index (κ2) is 22.6. The molecular weight excluding hydrogens is 706 g/mol. The monoisotopic (exact) mass is 761 g/mol. The van der Waals surface area contributed by atoms with Crippen LogP contribution in [0.2, 0.25) is 0 Å². The third kappa shape index (κ3) is 16.1. The van der Waals surface area contributed by atoms with Gasteiger partial charge in [0.25, 0.3) is 6.10 Å². The SMILES string of the molecule is CCCCCNC(=O)[C@H](Cc1ccc(OC(C(=O)OCC)C(=O)OCC)cc1)NC(=O)[C@H](Cc1ccc(OCc2ccccc2)cc1)NC(=O)OC(C)(C)C. The van der Waals surface area contributed by atoms with Crippen LogP contribution in [-0.4, -0.2) is 73.4 Å². The van der Waals surface area contributed by atoms with Gasteiger partial charge in [-0.05, 0) is 82.0 Å². The third-order valence-electron chi connectivity index (χ3n) is 7.95. The number of unbranched alkanes of at least 4 members (excludes halogenated alkanes) is 2. The van der Waals surface area contributed by atoms with Crippen LogP contribution in [0.4, 0.5) is 4.79 Å². The molecule has 55 heavy (non-hydrogen) atoms. The molecule has 2 atom stereocenters. The van der Waals surface area contributed by atoms with Crippen LogP contribution >= 0.6 is 0 Å². The topological polar surface area (TPSA) is 168 Å². The van der Waals surface area contributed by atoms with Gasteiger partial charge in [0.1, 0.15) is 35.8 Å². The van der Waals surface area contributed by atoms with Crippen LogP contribution in [0.25, 0.3) is 0 Å². The van der Waals surface area contributed by atoms with Crippen molar-refractivity contribution in [1.29, 1.82) is 0 Å². The maximum absolute atomic E-state index is 14.0. The van der Waals surface area contributed by atoms with Crippen LogP contribution in [0, 0.1) is 0 Å². The molecule has 13 nitrogen and oxygen atoms in total. The minimum Gasteiger partial charge on any atom is -0.489 e. The molecule has 0 spiro atoms. The van der Waals surface area contributed by atoms with Crippen LogP contribution in [-0.2, 0) is 52.8 Å². The van der Waals surface area contributed by atoms with Crippen LogP contribution in [0.15, 0.2) is 78.9 Å². The highest BCUT2D eigenvalue weighted by Gasteiger charge is 2.32. The zero-order chi connectivity index (χ0) is 40.2. The highest BCUT2D eigenvalue weighted by atomic mass is 16.6. The second-order valence-corrected chi connectivity index (χ2v) is 13.7. The first-order chi connectivity index (χ1) is 26.3. The van der Waals surface area contributed by atoms with E-state index in [0.29, 0.717) is 24.5 Å². The summed E-state index contributed by atoms with van der Waals surface area (Å²) < 4.78 is 27.0. The van der Waals surface area contributed by atoms with Crippen molar-refractivity contribution in [2.24, 2.45) is 0 Å². The van der Waals surface area contributed by atoms with E-state index in [2.05, 4.69) is 22.9 Å². The van der Waals surface area contributed by atoms with Crippen molar-refractivity contribution in [3.05, 3.63) is 95.6 Å². The zero-order valence-electron chi connectivity index (χ0n) is 32.7. The van der Waals surface area contributed by atoms with Crippen molar-refractivity contribution in [3.8, 4) is 11.5 Å². The molecule has 0 aliphatic rings. The van der Waals surface area contributed by atoms with Gasteiger partial charge >= 0.3 is 18.0 Å². The molecule has 13 heteroatoms. The van der Waals surface area contributed by atoms with Gasteiger partial charge in [-0.1, -0.05) is 74.4 Å². The lowest BCUT2D eigenvalue weighted by Crippen LogP contribution is -2.55. The fourth-order valence-corrected chi connectivity index (χ4v) is 5.25. The van der Waals surface area contributed by atoms with Crippen LogP contribution in [0.5, 0.6) is 11.5 Å². The van der Waals surface area contributed by atoms with Gasteiger partial charge in [-0.15, -0.1) is 0 Å². The fraction of sp³-hybridized carbons (Fsp3) is 0.452. The van der Waals surface area contributed by atoms with Gasteiger partial charge < -0.3 is 39.6 Å². The van der Waals surface area contributed by atoms with Gasteiger partial charge in [-0.3, -0.25) is 9.59 Å². The smallest absolute Gasteiger partial charge is 0.408 e. The summed E-state index contributed by atoms with van der Waals surface area (Å²) in [6, 6.07) is 21.2. The Morgan fingerprint density at radius 3 is 1.71 bits per heavy atom. The van der Waals surface area contributed by atoms with Crippen LogP contribution < -0.4 is 25.4 Å². The average Bonchev–Trinajstić information content (AvgIpc) is 3.15. The van der Waals surface area contributed by atoms with E-state index in [4.69, 9.17) is 23.7 Å². The highest BCUT2D eigenvalue weighted by Crippen LogP contribution is 2.19. The molecule has 0 heterocycles. The van der Waals surface area contributed by atoms with Crippen molar-refractivity contribution < 1.29 is 47.7 Å². The van der Waals surface area contributed by atoms with E-state index in [1.165, 1.54) is 0 Å². The van der Waals surface area contributed by atoms with E-state index < -0.39 is 53.6 Å². The summed E-state index contributed by atoms with van der Waals surface area (Å²) in [5, 5.41) is 8.45. The molecular formula is C42H55N3O10. The lowest BCUT2D eigenvalue weighted by atomic mass is 10.0. The number of amides is 3. The zero-order valence-corrected chi connectivity index (χ0v) is 32.7. The molecule has 3 aromatic rings. The Morgan fingerprint density at radius 2 is 1.18 bits per heavy atom. The molecule has 3 rings (SSSR count). The molecule has 0 fully saturated rings. The van der Waals surface area contributed by atoms with E-state index in [1.807, 2.05) is 42.5 Å². The van der Waals surface area contributed by atoms with Gasteiger partial charge in [0.05, 0.1) is 13.2 Å². The summed E-state index contributed by atoms with van der Waals surface area (Å²) in [5.41, 5.74) is 1.60. The second-order valence-electron chi connectivity index (χ2n) is 13.7. The van der Waals surface area contributed by atoms with E-state index in [9.17, 15) is 24.0 Å². The van der Waals surface area contributed by atoms with E-state index in [0.717, 1.165) is 30.4 Å². The number of rotatable bonds is 21. The van der Waals surface area contributed by atoms with Crippen molar-refractivity contribution in [2.45, 2.75) is 104 Å². The number of ether oxygens (including phenoxy) is 5. The molecule has 0 aliphatic heterocycles. The Hall–Kier alpha value is -5.59. The minimum atomic E-state index is -1.61. The molecule has 0 saturated heterocycles. The molecule has 0 saturated carbocycles. The molecule has 3 amide bonds. The maximum Gasteiger partial charge on any atom is 0.408 e. The van der Waals surface area contributed by atoms with Crippen molar-refractivity contribution in [3.63, 3.8) is 0 Å². The summed E-state index contributed by atoms with van der Waals surface area (Å²) in [6.45, 7) is 11.4. The number of benzene rings is 3. The van der Waals surface area contributed by atoms with Gasteiger partial charge in [-0.2, -0.15) is 0 Å². The van der Waals surface area contributed by atoms with E-state index >= 15 is 0 Å². The molecule has 0 bridgehead atoms.